The number of unbranched alkanes of at least 4 members (excludes halogenated alkanes) is 6. The van der Waals surface area contributed by atoms with E-state index in [1.54, 1.807) is 0 Å². The second kappa shape index (κ2) is 22.6. The molecule has 0 aromatic rings. The van der Waals surface area contributed by atoms with E-state index >= 15 is 0 Å². The van der Waals surface area contributed by atoms with Gasteiger partial charge in [-0.25, -0.2) is 0 Å². The maximum atomic E-state index is 13.8. The lowest BCUT2D eigenvalue weighted by Gasteiger charge is -2.31. The molecule has 6 heteroatoms. The molecule has 0 saturated heterocycles. The van der Waals surface area contributed by atoms with Gasteiger partial charge in [-0.15, -0.1) is 0 Å². The first-order valence-electron chi connectivity index (χ1n) is 15.2. The van der Waals surface area contributed by atoms with Gasteiger partial charge < -0.3 is 14.7 Å². The zero-order valence-corrected chi connectivity index (χ0v) is 24.8. The third kappa shape index (κ3) is 14.8. The largest absolute Gasteiger partial charge is 0.343 e. The molecule has 0 rings (SSSR count). The topological polar surface area (TPSA) is 60.9 Å². The SMILES string of the molecule is CCCCN(CCCC)C(=O)CC(CC(=O)N(CCCC)CCCC)C(=O)N(CCCC)CCCC. The number of hydrogen-bond acceptors (Lipinski definition) is 3. The van der Waals surface area contributed by atoms with Gasteiger partial charge in [0.1, 0.15) is 0 Å². The first kappa shape index (κ1) is 34.4. The monoisotopic (exact) mass is 509 g/mol. The van der Waals surface area contributed by atoms with Crippen LogP contribution in [0.5, 0.6) is 0 Å². The highest BCUT2D eigenvalue weighted by molar-refractivity contribution is 5.90. The van der Waals surface area contributed by atoms with Crippen LogP contribution in [0.25, 0.3) is 0 Å². The van der Waals surface area contributed by atoms with E-state index in [4.69, 9.17) is 0 Å². The highest BCUT2D eigenvalue weighted by Crippen LogP contribution is 2.19. The lowest BCUT2D eigenvalue weighted by atomic mass is 9.96. The van der Waals surface area contributed by atoms with Gasteiger partial charge >= 0.3 is 0 Å². The summed E-state index contributed by atoms with van der Waals surface area (Å²) in [5.41, 5.74) is 0. The Bertz CT molecular complexity index is 524. The Labute approximate surface area is 223 Å². The molecule has 0 bridgehead atoms. The van der Waals surface area contributed by atoms with Gasteiger partial charge in [-0.3, -0.25) is 14.4 Å². The van der Waals surface area contributed by atoms with Gasteiger partial charge in [-0.2, -0.15) is 0 Å². The summed E-state index contributed by atoms with van der Waals surface area (Å²) < 4.78 is 0. The predicted molar refractivity (Wildman–Crippen MR) is 152 cm³/mol. The average Bonchev–Trinajstić information content (AvgIpc) is 2.88. The Hall–Kier alpha value is -1.59. The number of carbonyl (C=O) groups excluding carboxylic acids is 3. The van der Waals surface area contributed by atoms with Crippen LogP contribution in [-0.2, 0) is 14.4 Å². The summed E-state index contributed by atoms with van der Waals surface area (Å²) in [5.74, 6) is -0.518. The van der Waals surface area contributed by atoms with Crippen molar-refractivity contribution >= 4 is 17.7 Å². The van der Waals surface area contributed by atoms with Crippen molar-refractivity contribution in [3.63, 3.8) is 0 Å². The van der Waals surface area contributed by atoms with Gasteiger partial charge in [-0.1, -0.05) is 80.1 Å². The molecule has 0 saturated carbocycles. The maximum absolute atomic E-state index is 13.8. The third-order valence-corrected chi connectivity index (χ3v) is 6.90. The van der Waals surface area contributed by atoms with Crippen molar-refractivity contribution in [1.29, 1.82) is 0 Å². The normalized spacial score (nSPS) is 11.1. The Balaban J connectivity index is 5.82. The smallest absolute Gasteiger partial charge is 0.226 e. The van der Waals surface area contributed by atoms with Crippen molar-refractivity contribution in [1.82, 2.24) is 14.7 Å². The minimum absolute atomic E-state index is 0.00420. The molecule has 0 aromatic carbocycles. The summed E-state index contributed by atoms with van der Waals surface area (Å²) >= 11 is 0. The maximum Gasteiger partial charge on any atom is 0.226 e. The molecule has 3 amide bonds. The summed E-state index contributed by atoms with van der Waals surface area (Å²) in [7, 11) is 0. The van der Waals surface area contributed by atoms with E-state index in [1.807, 2.05) is 14.7 Å². The van der Waals surface area contributed by atoms with Crippen LogP contribution in [0.2, 0.25) is 0 Å². The molecule has 0 aliphatic carbocycles. The molecule has 0 heterocycles. The van der Waals surface area contributed by atoms with Gasteiger partial charge in [0, 0.05) is 52.1 Å². The molecule has 0 fully saturated rings. The Morgan fingerprint density at radius 2 is 0.694 bits per heavy atom. The summed E-state index contributed by atoms with van der Waals surface area (Å²) in [6.45, 7) is 17.1. The van der Waals surface area contributed by atoms with Crippen LogP contribution < -0.4 is 0 Å². The van der Waals surface area contributed by atoms with Crippen molar-refractivity contribution in [2.24, 2.45) is 5.92 Å². The third-order valence-electron chi connectivity index (χ3n) is 6.90. The molecule has 0 unspecified atom stereocenters. The summed E-state index contributed by atoms with van der Waals surface area (Å²) in [5, 5.41) is 0. The minimum atomic E-state index is -0.574. The van der Waals surface area contributed by atoms with E-state index in [-0.39, 0.29) is 30.6 Å². The van der Waals surface area contributed by atoms with E-state index in [9.17, 15) is 14.4 Å². The number of rotatable bonds is 23. The summed E-state index contributed by atoms with van der Waals surface area (Å²) in [4.78, 5) is 46.5. The fourth-order valence-corrected chi connectivity index (χ4v) is 4.33. The van der Waals surface area contributed by atoms with Gasteiger partial charge in [0.2, 0.25) is 17.7 Å². The quantitative estimate of drug-likeness (QED) is 0.155. The van der Waals surface area contributed by atoms with Crippen molar-refractivity contribution in [2.45, 2.75) is 131 Å². The number of carbonyl (C=O) groups is 3. The molecule has 0 aromatic heterocycles. The van der Waals surface area contributed by atoms with Gasteiger partial charge in [0.15, 0.2) is 0 Å². The second-order valence-electron chi connectivity index (χ2n) is 10.3. The summed E-state index contributed by atoms with van der Waals surface area (Å²) in [6.07, 6.45) is 12.2. The molecule has 6 nitrogen and oxygen atoms in total. The fourth-order valence-electron chi connectivity index (χ4n) is 4.33. The lowest BCUT2D eigenvalue weighted by Crippen LogP contribution is -2.43. The predicted octanol–water partition coefficient (Wildman–Crippen LogP) is 6.67. The molecule has 0 N–H and O–H groups in total. The zero-order valence-electron chi connectivity index (χ0n) is 24.8. The van der Waals surface area contributed by atoms with E-state index in [0.29, 0.717) is 13.1 Å². The molecular weight excluding hydrogens is 450 g/mol. The molecule has 0 spiro atoms. The molecule has 0 aliphatic rings. The van der Waals surface area contributed by atoms with E-state index in [1.165, 1.54) is 0 Å². The van der Waals surface area contributed by atoms with E-state index < -0.39 is 5.92 Å². The van der Waals surface area contributed by atoms with Crippen molar-refractivity contribution in [3.05, 3.63) is 0 Å². The van der Waals surface area contributed by atoms with Crippen LogP contribution in [0.3, 0.4) is 0 Å². The molecule has 0 radical (unpaired) electrons. The summed E-state index contributed by atoms with van der Waals surface area (Å²) in [6, 6.07) is 0. The molecule has 36 heavy (non-hydrogen) atoms. The molecule has 212 valence electrons. The van der Waals surface area contributed by atoms with E-state index in [2.05, 4.69) is 41.5 Å². The Kier molecular flexibility index (Phi) is 21.6. The number of nitrogens with zero attached hydrogens (tertiary/aromatic N) is 3. The van der Waals surface area contributed by atoms with Crippen molar-refractivity contribution < 1.29 is 14.4 Å². The minimum Gasteiger partial charge on any atom is -0.343 e. The van der Waals surface area contributed by atoms with Crippen LogP contribution in [-0.4, -0.2) is 71.7 Å². The van der Waals surface area contributed by atoms with Crippen molar-refractivity contribution in [2.75, 3.05) is 39.3 Å². The Morgan fingerprint density at radius 3 is 0.944 bits per heavy atom. The van der Waals surface area contributed by atoms with Crippen LogP contribution in [0, 0.1) is 5.92 Å². The van der Waals surface area contributed by atoms with Crippen LogP contribution >= 0.6 is 0 Å². The standard InChI is InChI=1S/C30H59N3O3/c1-7-13-19-31(20-14-8-2)28(34)25-27(30(36)33(23-17-11-5)24-18-12-6)26-29(35)32(21-15-9-3)22-16-10-4/h27H,7-26H2,1-6H3. The van der Waals surface area contributed by atoms with Crippen LogP contribution in [0.1, 0.15) is 131 Å². The zero-order chi connectivity index (χ0) is 27.2. The number of amides is 3. The second-order valence-corrected chi connectivity index (χ2v) is 10.3. The first-order chi connectivity index (χ1) is 17.4. The van der Waals surface area contributed by atoms with Crippen LogP contribution in [0.4, 0.5) is 0 Å². The van der Waals surface area contributed by atoms with E-state index in [0.717, 1.165) is 103 Å². The van der Waals surface area contributed by atoms with Crippen LogP contribution in [0.15, 0.2) is 0 Å². The number of hydrogen-bond donors (Lipinski definition) is 0. The molecule has 0 aliphatic heterocycles. The molecule has 0 atom stereocenters. The highest BCUT2D eigenvalue weighted by atomic mass is 16.2. The highest BCUT2D eigenvalue weighted by Gasteiger charge is 2.31. The van der Waals surface area contributed by atoms with Gasteiger partial charge in [0.25, 0.3) is 0 Å². The van der Waals surface area contributed by atoms with Gasteiger partial charge in [0.05, 0.1) is 5.92 Å². The van der Waals surface area contributed by atoms with Gasteiger partial charge in [-0.05, 0) is 38.5 Å². The average molecular weight is 510 g/mol. The Morgan fingerprint density at radius 1 is 0.444 bits per heavy atom. The molecular formula is C30H59N3O3. The fraction of sp³-hybridized carbons (Fsp3) is 0.900. The lowest BCUT2D eigenvalue weighted by molar-refractivity contribution is -0.145. The first-order valence-corrected chi connectivity index (χ1v) is 15.2. The van der Waals surface area contributed by atoms with Crippen molar-refractivity contribution in [3.8, 4) is 0 Å².